The van der Waals surface area contributed by atoms with Gasteiger partial charge in [0.2, 0.25) is 5.91 Å². The van der Waals surface area contributed by atoms with E-state index in [4.69, 9.17) is 4.42 Å². The zero-order valence-corrected chi connectivity index (χ0v) is 12.9. The predicted molar refractivity (Wildman–Crippen MR) is 84.7 cm³/mol. The van der Waals surface area contributed by atoms with Gasteiger partial charge in [0.15, 0.2) is 5.58 Å². The van der Waals surface area contributed by atoms with Crippen LogP contribution in [0.2, 0.25) is 0 Å². The van der Waals surface area contributed by atoms with Crippen LogP contribution in [0.5, 0.6) is 0 Å². The van der Waals surface area contributed by atoms with Crippen LogP contribution in [0.15, 0.2) is 33.5 Å². The van der Waals surface area contributed by atoms with E-state index in [1.165, 1.54) is 23.8 Å². The van der Waals surface area contributed by atoms with Crippen LogP contribution >= 0.6 is 0 Å². The van der Waals surface area contributed by atoms with Crippen LogP contribution in [0.25, 0.3) is 11.1 Å². The van der Waals surface area contributed by atoms with E-state index >= 15 is 0 Å². The lowest BCUT2D eigenvalue weighted by molar-refractivity contribution is -0.122. The van der Waals surface area contributed by atoms with Gasteiger partial charge in [0.05, 0.1) is 5.52 Å². The quantitative estimate of drug-likeness (QED) is 0.944. The summed E-state index contributed by atoms with van der Waals surface area (Å²) >= 11 is 0. The van der Waals surface area contributed by atoms with Crippen molar-refractivity contribution in [2.24, 2.45) is 5.92 Å². The maximum absolute atomic E-state index is 12.1. The SMILES string of the molecule is C[C@@H]1CCCC[C@@H]1NC(=O)CCn1c(=O)oc2ccccc21. The van der Waals surface area contributed by atoms with Gasteiger partial charge in [0.1, 0.15) is 0 Å². The summed E-state index contributed by atoms with van der Waals surface area (Å²) in [7, 11) is 0. The molecule has 0 aliphatic heterocycles. The predicted octanol–water partition coefficient (Wildman–Crippen LogP) is 2.68. The Balaban J connectivity index is 1.63. The van der Waals surface area contributed by atoms with Crippen molar-refractivity contribution in [1.29, 1.82) is 0 Å². The largest absolute Gasteiger partial charge is 0.419 e. The van der Waals surface area contributed by atoms with Crippen molar-refractivity contribution in [2.75, 3.05) is 0 Å². The van der Waals surface area contributed by atoms with Gasteiger partial charge in [-0.25, -0.2) is 4.79 Å². The molecule has 0 saturated heterocycles. The Morgan fingerprint density at radius 2 is 2.09 bits per heavy atom. The molecule has 0 radical (unpaired) electrons. The number of aryl methyl sites for hydroxylation is 1. The Morgan fingerprint density at radius 3 is 2.91 bits per heavy atom. The van der Waals surface area contributed by atoms with E-state index in [0.29, 0.717) is 24.5 Å². The number of carbonyl (C=O) groups excluding carboxylic acids is 1. The smallest absolute Gasteiger partial charge is 0.408 e. The Labute approximate surface area is 129 Å². The summed E-state index contributed by atoms with van der Waals surface area (Å²) in [5, 5.41) is 3.11. The maximum atomic E-state index is 12.1. The zero-order valence-electron chi connectivity index (χ0n) is 12.9. The van der Waals surface area contributed by atoms with Gasteiger partial charge in [0, 0.05) is 19.0 Å². The topological polar surface area (TPSA) is 64.2 Å². The Kier molecular flexibility index (Phi) is 4.32. The van der Waals surface area contributed by atoms with Crippen LogP contribution < -0.4 is 11.1 Å². The molecule has 1 aromatic heterocycles. The number of amides is 1. The van der Waals surface area contributed by atoms with E-state index in [1.807, 2.05) is 18.2 Å². The lowest BCUT2D eigenvalue weighted by atomic mass is 9.86. The fraction of sp³-hybridized carbons (Fsp3) is 0.529. The third-order valence-electron chi connectivity index (χ3n) is 4.59. The highest BCUT2D eigenvalue weighted by Crippen LogP contribution is 2.23. The summed E-state index contributed by atoms with van der Waals surface area (Å²) in [5.41, 5.74) is 1.31. The molecule has 5 nitrogen and oxygen atoms in total. The molecule has 1 saturated carbocycles. The minimum Gasteiger partial charge on any atom is -0.408 e. The van der Waals surface area contributed by atoms with E-state index in [0.717, 1.165) is 11.9 Å². The molecule has 5 heteroatoms. The van der Waals surface area contributed by atoms with E-state index in [-0.39, 0.29) is 11.9 Å². The van der Waals surface area contributed by atoms with Crippen LogP contribution in [-0.4, -0.2) is 16.5 Å². The summed E-state index contributed by atoms with van der Waals surface area (Å²) in [6.45, 7) is 2.54. The van der Waals surface area contributed by atoms with Crippen LogP contribution in [0, 0.1) is 5.92 Å². The molecule has 0 bridgehead atoms. The highest BCUT2D eigenvalue weighted by atomic mass is 16.4. The summed E-state index contributed by atoms with van der Waals surface area (Å²) in [5.74, 6) is 0.145. The average Bonchev–Trinajstić information content (AvgIpc) is 2.83. The van der Waals surface area contributed by atoms with Crippen LogP contribution in [0.3, 0.4) is 0 Å². The summed E-state index contributed by atoms with van der Waals surface area (Å²) in [6.07, 6.45) is 4.97. The number of hydrogen-bond acceptors (Lipinski definition) is 3. The molecule has 2 atom stereocenters. The van der Waals surface area contributed by atoms with Gasteiger partial charge in [-0.15, -0.1) is 0 Å². The lowest BCUT2D eigenvalue weighted by Gasteiger charge is -2.29. The first-order valence-corrected chi connectivity index (χ1v) is 8.03. The normalized spacial score (nSPS) is 21.9. The van der Waals surface area contributed by atoms with Crippen LogP contribution in [0.4, 0.5) is 0 Å². The van der Waals surface area contributed by atoms with Gasteiger partial charge >= 0.3 is 5.76 Å². The number of oxazole rings is 1. The number of hydrogen-bond donors (Lipinski definition) is 1. The molecule has 0 spiro atoms. The number of nitrogens with zero attached hydrogens (tertiary/aromatic N) is 1. The molecule has 1 heterocycles. The second kappa shape index (κ2) is 6.38. The van der Waals surface area contributed by atoms with Gasteiger partial charge in [-0.2, -0.15) is 0 Å². The standard InChI is InChI=1S/C17H22N2O3/c1-12-6-2-3-7-13(12)18-16(20)10-11-19-14-8-4-5-9-15(14)22-17(19)21/h4-5,8-9,12-13H,2-3,6-7,10-11H2,1H3,(H,18,20)/t12-,13+/m1/s1. The molecule has 1 fully saturated rings. The van der Waals surface area contributed by atoms with Gasteiger partial charge in [0.25, 0.3) is 0 Å². The van der Waals surface area contributed by atoms with E-state index in [1.54, 1.807) is 6.07 Å². The molecule has 1 amide bonds. The fourth-order valence-electron chi connectivity index (χ4n) is 3.25. The van der Waals surface area contributed by atoms with E-state index in [9.17, 15) is 9.59 Å². The number of nitrogens with one attached hydrogen (secondary N) is 1. The third kappa shape index (κ3) is 3.08. The molecule has 1 aliphatic carbocycles. The Morgan fingerprint density at radius 1 is 1.32 bits per heavy atom. The van der Waals surface area contributed by atoms with E-state index in [2.05, 4.69) is 12.2 Å². The molecule has 1 aromatic carbocycles. The molecule has 1 N–H and O–H groups in total. The second-order valence-corrected chi connectivity index (χ2v) is 6.17. The Hall–Kier alpha value is -2.04. The lowest BCUT2D eigenvalue weighted by Crippen LogP contribution is -2.41. The molecule has 2 aromatic rings. The van der Waals surface area contributed by atoms with Crippen molar-refractivity contribution in [3.8, 4) is 0 Å². The minimum absolute atomic E-state index is 0.0101. The van der Waals surface area contributed by atoms with Gasteiger partial charge in [-0.3, -0.25) is 9.36 Å². The second-order valence-electron chi connectivity index (χ2n) is 6.17. The third-order valence-corrected chi connectivity index (χ3v) is 4.59. The first kappa shape index (κ1) is 14.9. The molecule has 1 aliphatic rings. The minimum atomic E-state index is -0.403. The highest BCUT2D eigenvalue weighted by Gasteiger charge is 2.22. The van der Waals surface area contributed by atoms with Gasteiger partial charge in [-0.1, -0.05) is 31.9 Å². The monoisotopic (exact) mass is 302 g/mol. The summed E-state index contributed by atoms with van der Waals surface area (Å²) < 4.78 is 6.70. The number of para-hydroxylation sites is 2. The van der Waals surface area contributed by atoms with Crippen molar-refractivity contribution in [3.63, 3.8) is 0 Å². The van der Waals surface area contributed by atoms with Crippen LogP contribution in [-0.2, 0) is 11.3 Å². The fourth-order valence-corrected chi connectivity index (χ4v) is 3.25. The molecule has 22 heavy (non-hydrogen) atoms. The first-order chi connectivity index (χ1) is 10.6. The van der Waals surface area contributed by atoms with Crippen molar-refractivity contribution in [3.05, 3.63) is 34.8 Å². The molecular weight excluding hydrogens is 280 g/mol. The van der Waals surface area contributed by atoms with Crippen LogP contribution in [0.1, 0.15) is 39.0 Å². The number of aromatic nitrogens is 1. The molecular formula is C17H22N2O3. The van der Waals surface area contributed by atoms with E-state index < -0.39 is 5.76 Å². The maximum Gasteiger partial charge on any atom is 0.419 e. The van der Waals surface area contributed by atoms with Crippen molar-refractivity contribution in [2.45, 2.75) is 51.6 Å². The average molecular weight is 302 g/mol. The molecule has 0 unspecified atom stereocenters. The number of benzene rings is 1. The van der Waals surface area contributed by atoms with Crippen molar-refractivity contribution in [1.82, 2.24) is 9.88 Å². The number of carbonyl (C=O) groups is 1. The summed E-state index contributed by atoms with van der Waals surface area (Å²) in [4.78, 5) is 24.0. The Bertz CT molecular complexity index is 716. The van der Waals surface area contributed by atoms with Crippen molar-refractivity contribution < 1.29 is 9.21 Å². The summed E-state index contributed by atoms with van der Waals surface area (Å²) in [6, 6.07) is 7.56. The molecule has 118 valence electrons. The number of rotatable bonds is 4. The first-order valence-electron chi connectivity index (χ1n) is 8.03. The highest BCUT2D eigenvalue weighted by molar-refractivity contribution is 5.77. The molecule has 3 rings (SSSR count). The number of fused-ring (bicyclic) bond motifs is 1. The van der Waals surface area contributed by atoms with Gasteiger partial charge in [-0.05, 0) is 30.9 Å². The van der Waals surface area contributed by atoms with Gasteiger partial charge < -0.3 is 9.73 Å². The zero-order chi connectivity index (χ0) is 15.5. The van der Waals surface area contributed by atoms with Crippen molar-refractivity contribution >= 4 is 17.0 Å².